The molecule has 1 aromatic carbocycles. The van der Waals surface area contributed by atoms with Crippen LogP contribution < -0.4 is 22.0 Å². The van der Waals surface area contributed by atoms with Crippen molar-refractivity contribution in [2.45, 2.75) is 12.5 Å². The third kappa shape index (κ3) is 4.88. The van der Waals surface area contributed by atoms with E-state index in [1.54, 1.807) is 24.3 Å². The summed E-state index contributed by atoms with van der Waals surface area (Å²) in [6.45, 7) is 0. The van der Waals surface area contributed by atoms with Crippen molar-refractivity contribution >= 4 is 36.8 Å². The average Bonchev–Trinajstić information content (AvgIpc) is 2.55. The summed E-state index contributed by atoms with van der Waals surface area (Å²) >= 11 is 0. The number of nitrogens with one attached hydrogen (secondary N) is 1. The molecule has 124 valence electrons. The molecule has 0 saturated heterocycles. The maximum absolute atomic E-state index is 12.1. The van der Waals surface area contributed by atoms with Crippen molar-refractivity contribution in [3.63, 3.8) is 0 Å². The van der Waals surface area contributed by atoms with E-state index in [2.05, 4.69) is 10.3 Å². The number of carbonyl (C=O) groups excluding carboxylic acids is 1. The van der Waals surface area contributed by atoms with E-state index < -0.39 is 26.2 Å². The molecule has 24 heavy (non-hydrogen) atoms. The Morgan fingerprint density at radius 1 is 1.08 bits per heavy atom. The van der Waals surface area contributed by atoms with E-state index in [-0.39, 0.29) is 11.9 Å². The summed E-state index contributed by atoms with van der Waals surface area (Å²) in [6, 6.07) is 6.96. The molecule has 0 radical (unpaired) electrons. The molecule has 0 bridgehead atoms. The van der Waals surface area contributed by atoms with Gasteiger partial charge >= 0.3 is 14.2 Å². The van der Waals surface area contributed by atoms with Gasteiger partial charge in [-0.2, -0.15) is 0 Å². The third-order valence-electron chi connectivity index (χ3n) is 3.40. The van der Waals surface area contributed by atoms with Crippen LogP contribution in [-0.2, 0) is 11.2 Å². The Bertz CT molecular complexity index is 697. The van der Waals surface area contributed by atoms with Gasteiger partial charge in [-0.25, -0.2) is 0 Å². The molecule has 8 nitrogen and oxygen atoms in total. The van der Waals surface area contributed by atoms with Gasteiger partial charge in [0.05, 0.1) is 17.9 Å². The molecule has 0 aliphatic carbocycles. The van der Waals surface area contributed by atoms with Gasteiger partial charge in [-0.05, 0) is 23.5 Å². The van der Waals surface area contributed by atoms with Gasteiger partial charge in [0.25, 0.3) is 0 Å². The van der Waals surface area contributed by atoms with Crippen LogP contribution in [0.15, 0.2) is 42.7 Å². The normalized spacial score (nSPS) is 11.7. The first-order chi connectivity index (χ1) is 11.4. The number of hydrogen-bond donors (Lipinski definition) is 6. The second-order valence-corrected chi connectivity index (χ2v) is 5.30. The van der Waals surface area contributed by atoms with Crippen LogP contribution in [0.2, 0.25) is 0 Å². The first-order valence-electron chi connectivity index (χ1n) is 7.19. The predicted octanol–water partition coefficient (Wildman–Crippen LogP) is -3.05. The number of nitrogens with zero attached hydrogens (tertiary/aromatic N) is 1. The summed E-state index contributed by atoms with van der Waals surface area (Å²) in [7, 11) is -3.22. The Morgan fingerprint density at radius 2 is 1.71 bits per heavy atom. The van der Waals surface area contributed by atoms with E-state index in [0.29, 0.717) is 11.2 Å². The monoisotopic (exact) mass is 329 g/mol. The average molecular weight is 329 g/mol. The molecule has 0 fully saturated rings. The molecule has 7 N–H and O–H groups in total. The van der Waals surface area contributed by atoms with Gasteiger partial charge in [0.1, 0.15) is 0 Å². The second kappa shape index (κ2) is 8.04. The number of rotatable bonds is 6. The summed E-state index contributed by atoms with van der Waals surface area (Å²) in [4.78, 5) is 15.9. The fourth-order valence-electron chi connectivity index (χ4n) is 2.07. The molecule has 0 unspecified atom stereocenters. The van der Waals surface area contributed by atoms with E-state index in [1.165, 1.54) is 18.5 Å². The molecule has 0 spiro atoms. The number of carbonyl (C=O) groups is 1. The van der Waals surface area contributed by atoms with Gasteiger partial charge in [-0.3, -0.25) is 9.78 Å². The van der Waals surface area contributed by atoms with Gasteiger partial charge in [0.2, 0.25) is 5.91 Å². The highest BCUT2D eigenvalue weighted by Gasteiger charge is 2.17. The minimum Gasteiger partial charge on any atom is -0.423 e. The topological polar surface area (TPSA) is 149 Å². The second-order valence-electron chi connectivity index (χ2n) is 5.30. The van der Waals surface area contributed by atoms with Crippen LogP contribution in [0.4, 0.5) is 5.69 Å². The number of benzene rings is 1. The van der Waals surface area contributed by atoms with Crippen molar-refractivity contribution in [3.05, 3.63) is 48.3 Å². The Morgan fingerprint density at radius 3 is 2.29 bits per heavy atom. The quantitative estimate of drug-likeness (QED) is 0.308. The van der Waals surface area contributed by atoms with Crippen LogP contribution in [0, 0.1) is 0 Å². The number of pyridine rings is 1. The summed E-state index contributed by atoms with van der Waals surface area (Å²) in [5.74, 6) is -0.451. The van der Waals surface area contributed by atoms with E-state index in [9.17, 15) is 4.79 Å². The standard InChI is InChI=1S/C14H17B2N3O5/c17-13(5-9-1-3-10(4-2-9)15(21)22)14(20)19-12-6-11(16(23)24)7-18-8-12/h1-4,6-8,13,21-24H,5,17H2,(H,19,20)/t13-/m0/s1. The van der Waals surface area contributed by atoms with Crippen LogP contribution in [0.1, 0.15) is 5.56 Å². The minimum absolute atomic E-state index is 0.152. The van der Waals surface area contributed by atoms with E-state index >= 15 is 0 Å². The lowest BCUT2D eigenvalue weighted by Crippen LogP contribution is -2.38. The molecule has 2 rings (SSSR count). The molecule has 0 saturated carbocycles. The fourth-order valence-corrected chi connectivity index (χ4v) is 2.07. The first-order valence-corrected chi connectivity index (χ1v) is 7.19. The van der Waals surface area contributed by atoms with Crippen molar-refractivity contribution < 1.29 is 24.9 Å². The molecule has 10 heteroatoms. The number of amides is 1. The molecule has 2 aromatic rings. The molecule has 0 aliphatic rings. The fraction of sp³-hybridized carbons (Fsp3) is 0.143. The molecule has 1 amide bonds. The van der Waals surface area contributed by atoms with Gasteiger partial charge in [0.15, 0.2) is 0 Å². The molecule has 1 atom stereocenters. The maximum Gasteiger partial charge on any atom is 0.490 e. The smallest absolute Gasteiger partial charge is 0.423 e. The number of aromatic nitrogens is 1. The molecular weight excluding hydrogens is 312 g/mol. The Balaban J connectivity index is 1.98. The van der Waals surface area contributed by atoms with Gasteiger partial charge < -0.3 is 31.1 Å². The lowest BCUT2D eigenvalue weighted by Gasteiger charge is -2.13. The Labute approximate surface area is 139 Å². The van der Waals surface area contributed by atoms with Crippen LogP contribution in [0.5, 0.6) is 0 Å². The van der Waals surface area contributed by atoms with Crippen molar-refractivity contribution in [2.24, 2.45) is 5.73 Å². The largest absolute Gasteiger partial charge is 0.490 e. The number of hydrogen-bond acceptors (Lipinski definition) is 7. The Kier molecular flexibility index (Phi) is 6.07. The summed E-state index contributed by atoms with van der Waals surface area (Å²) in [5, 5.41) is 38.8. The molecule has 1 heterocycles. The van der Waals surface area contributed by atoms with Crippen molar-refractivity contribution in [3.8, 4) is 0 Å². The number of nitrogens with two attached hydrogens (primary N) is 1. The zero-order chi connectivity index (χ0) is 17.7. The van der Waals surface area contributed by atoms with E-state index in [1.807, 2.05) is 0 Å². The summed E-state index contributed by atoms with van der Waals surface area (Å²) < 4.78 is 0. The molecule has 0 aliphatic heterocycles. The highest BCUT2D eigenvalue weighted by atomic mass is 16.4. The van der Waals surface area contributed by atoms with Gasteiger partial charge in [0, 0.05) is 11.7 Å². The van der Waals surface area contributed by atoms with Crippen molar-refractivity contribution in [1.82, 2.24) is 4.98 Å². The predicted molar refractivity (Wildman–Crippen MR) is 90.6 cm³/mol. The summed E-state index contributed by atoms with van der Waals surface area (Å²) in [6.07, 6.45) is 2.90. The summed E-state index contributed by atoms with van der Waals surface area (Å²) in [5.41, 5.74) is 7.43. The lowest BCUT2D eigenvalue weighted by atomic mass is 9.80. The zero-order valence-electron chi connectivity index (χ0n) is 12.7. The van der Waals surface area contributed by atoms with Crippen LogP contribution in [0.25, 0.3) is 0 Å². The van der Waals surface area contributed by atoms with Gasteiger partial charge in [-0.1, -0.05) is 24.3 Å². The van der Waals surface area contributed by atoms with E-state index in [0.717, 1.165) is 5.56 Å². The van der Waals surface area contributed by atoms with Crippen LogP contribution in [-0.4, -0.2) is 51.3 Å². The zero-order valence-corrected chi connectivity index (χ0v) is 12.7. The highest BCUT2D eigenvalue weighted by molar-refractivity contribution is 6.59. The van der Waals surface area contributed by atoms with Gasteiger partial charge in [-0.15, -0.1) is 0 Å². The number of anilines is 1. The Hall–Kier alpha value is -2.23. The first kappa shape index (κ1) is 18.1. The SMILES string of the molecule is N[C@@H](Cc1ccc(B(O)O)cc1)C(=O)Nc1cncc(B(O)O)c1. The van der Waals surface area contributed by atoms with Crippen molar-refractivity contribution in [1.29, 1.82) is 0 Å². The van der Waals surface area contributed by atoms with Crippen LogP contribution in [0.3, 0.4) is 0 Å². The minimum atomic E-state index is -1.68. The lowest BCUT2D eigenvalue weighted by molar-refractivity contribution is -0.117. The van der Waals surface area contributed by atoms with Crippen molar-refractivity contribution in [2.75, 3.05) is 5.32 Å². The highest BCUT2D eigenvalue weighted by Crippen LogP contribution is 2.06. The molecular formula is C14H17B2N3O5. The third-order valence-corrected chi connectivity index (χ3v) is 3.40. The molecule has 1 aromatic heterocycles. The van der Waals surface area contributed by atoms with Crippen LogP contribution >= 0.6 is 0 Å². The maximum atomic E-state index is 12.1. The van der Waals surface area contributed by atoms with E-state index in [4.69, 9.17) is 25.8 Å².